The highest BCUT2D eigenvalue weighted by molar-refractivity contribution is 5.93. The van der Waals surface area contributed by atoms with Crippen molar-refractivity contribution >= 4 is 18.3 Å². The summed E-state index contributed by atoms with van der Waals surface area (Å²) in [4.78, 5) is 12.2. The van der Waals surface area contributed by atoms with Gasteiger partial charge in [0.1, 0.15) is 0 Å². The van der Waals surface area contributed by atoms with Crippen LogP contribution < -0.4 is 10.6 Å². The number of aromatic nitrogens is 2. The number of nitrogens with zero attached hydrogens (tertiary/aromatic N) is 2. The smallest absolute Gasteiger partial charge is 0.254 e. The number of amides is 1. The van der Waals surface area contributed by atoms with Gasteiger partial charge in [0.05, 0.1) is 18.3 Å². The molecule has 0 bridgehead atoms. The standard InChI is InChI=1S/C16H20N4O.ClH/c21-16(19-15-7-4-8-17-10-15)14-9-18-20(12-14)11-13-5-2-1-3-6-13;/h1-3,5-6,9,12,15,17H,4,7-8,10-11H2,(H,19,21);1H. The van der Waals surface area contributed by atoms with Gasteiger partial charge in [-0.2, -0.15) is 5.10 Å². The Hall–Kier alpha value is -1.85. The highest BCUT2D eigenvalue weighted by Crippen LogP contribution is 2.06. The summed E-state index contributed by atoms with van der Waals surface area (Å²) in [7, 11) is 0. The summed E-state index contributed by atoms with van der Waals surface area (Å²) in [5, 5.41) is 10.6. The Balaban J connectivity index is 0.00000176. The molecule has 6 heteroatoms. The Kier molecular flexibility index (Phi) is 5.98. The van der Waals surface area contributed by atoms with E-state index in [9.17, 15) is 4.79 Å². The lowest BCUT2D eigenvalue weighted by molar-refractivity contribution is 0.0930. The number of halogens is 1. The normalized spacial score (nSPS) is 17.5. The second-order valence-corrected chi connectivity index (χ2v) is 5.43. The molecule has 2 heterocycles. The molecule has 22 heavy (non-hydrogen) atoms. The average molecular weight is 321 g/mol. The van der Waals surface area contributed by atoms with E-state index in [0.717, 1.165) is 25.9 Å². The largest absolute Gasteiger partial charge is 0.348 e. The van der Waals surface area contributed by atoms with Gasteiger partial charge in [0.15, 0.2) is 0 Å². The first-order valence-corrected chi connectivity index (χ1v) is 7.39. The van der Waals surface area contributed by atoms with Gasteiger partial charge in [-0.05, 0) is 24.9 Å². The Morgan fingerprint density at radius 3 is 2.91 bits per heavy atom. The van der Waals surface area contributed by atoms with E-state index in [-0.39, 0.29) is 24.4 Å². The maximum atomic E-state index is 12.2. The third-order valence-corrected chi connectivity index (χ3v) is 3.71. The lowest BCUT2D eigenvalue weighted by Crippen LogP contribution is -2.45. The second kappa shape index (κ2) is 7.96. The van der Waals surface area contributed by atoms with Crippen LogP contribution >= 0.6 is 12.4 Å². The van der Waals surface area contributed by atoms with E-state index >= 15 is 0 Å². The molecule has 0 saturated carbocycles. The number of rotatable bonds is 4. The van der Waals surface area contributed by atoms with Crippen LogP contribution in [0.3, 0.4) is 0 Å². The van der Waals surface area contributed by atoms with E-state index in [1.165, 1.54) is 5.56 Å². The molecule has 0 radical (unpaired) electrons. The molecule has 2 N–H and O–H groups in total. The SMILES string of the molecule is Cl.O=C(NC1CCCNC1)c1cnn(Cc2ccccc2)c1. The van der Waals surface area contributed by atoms with Crippen LogP contribution in [0.1, 0.15) is 28.8 Å². The highest BCUT2D eigenvalue weighted by atomic mass is 35.5. The molecule has 1 atom stereocenters. The van der Waals surface area contributed by atoms with E-state index < -0.39 is 0 Å². The number of carbonyl (C=O) groups is 1. The molecule has 1 saturated heterocycles. The van der Waals surface area contributed by atoms with Crippen molar-refractivity contribution in [2.24, 2.45) is 0 Å². The molecule has 1 fully saturated rings. The molecule has 3 rings (SSSR count). The van der Waals surface area contributed by atoms with Crippen LogP contribution in [0.25, 0.3) is 0 Å². The molecular formula is C16H21ClN4O. The van der Waals surface area contributed by atoms with Gasteiger partial charge in [-0.25, -0.2) is 0 Å². The Morgan fingerprint density at radius 1 is 1.36 bits per heavy atom. The molecule has 1 unspecified atom stereocenters. The molecule has 5 nitrogen and oxygen atoms in total. The topological polar surface area (TPSA) is 59.0 Å². The van der Waals surface area contributed by atoms with Crippen molar-refractivity contribution in [1.29, 1.82) is 0 Å². The van der Waals surface area contributed by atoms with E-state index in [2.05, 4.69) is 27.9 Å². The van der Waals surface area contributed by atoms with Crippen LogP contribution in [0.5, 0.6) is 0 Å². The summed E-state index contributed by atoms with van der Waals surface area (Å²) >= 11 is 0. The van der Waals surface area contributed by atoms with Crippen LogP contribution in [-0.4, -0.2) is 34.8 Å². The number of benzene rings is 1. The first-order valence-electron chi connectivity index (χ1n) is 7.39. The highest BCUT2D eigenvalue weighted by Gasteiger charge is 2.17. The van der Waals surface area contributed by atoms with Gasteiger partial charge in [0.25, 0.3) is 5.91 Å². The Labute approximate surface area is 136 Å². The molecular weight excluding hydrogens is 300 g/mol. The molecule has 0 aliphatic carbocycles. The lowest BCUT2D eigenvalue weighted by atomic mass is 10.1. The Morgan fingerprint density at radius 2 is 2.18 bits per heavy atom. The van der Waals surface area contributed by atoms with Crippen molar-refractivity contribution in [2.45, 2.75) is 25.4 Å². The van der Waals surface area contributed by atoms with Gasteiger partial charge in [-0.3, -0.25) is 9.48 Å². The van der Waals surface area contributed by atoms with Crippen molar-refractivity contribution in [1.82, 2.24) is 20.4 Å². The van der Waals surface area contributed by atoms with Crippen molar-refractivity contribution in [3.05, 3.63) is 53.9 Å². The van der Waals surface area contributed by atoms with Gasteiger partial charge < -0.3 is 10.6 Å². The quantitative estimate of drug-likeness (QED) is 0.903. The fourth-order valence-corrected chi connectivity index (χ4v) is 2.58. The average Bonchev–Trinajstić information content (AvgIpc) is 2.98. The van der Waals surface area contributed by atoms with E-state index in [0.29, 0.717) is 12.1 Å². The van der Waals surface area contributed by atoms with Gasteiger partial charge in [0, 0.05) is 18.8 Å². The summed E-state index contributed by atoms with van der Waals surface area (Å²) in [5.74, 6) is -0.0389. The van der Waals surface area contributed by atoms with Crippen molar-refractivity contribution in [2.75, 3.05) is 13.1 Å². The predicted octanol–water partition coefficient (Wildman–Crippen LogP) is 1.83. The van der Waals surface area contributed by atoms with Crippen molar-refractivity contribution < 1.29 is 4.79 Å². The van der Waals surface area contributed by atoms with Gasteiger partial charge >= 0.3 is 0 Å². The molecule has 118 valence electrons. The van der Waals surface area contributed by atoms with Crippen molar-refractivity contribution in [3.63, 3.8) is 0 Å². The van der Waals surface area contributed by atoms with Crippen LogP contribution in [0.2, 0.25) is 0 Å². The van der Waals surface area contributed by atoms with Crippen molar-refractivity contribution in [3.8, 4) is 0 Å². The maximum Gasteiger partial charge on any atom is 0.254 e. The zero-order valence-electron chi connectivity index (χ0n) is 12.4. The van der Waals surface area contributed by atoms with Crippen LogP contribution in [0, 0.1) is 0 Å². The van der Waals surface area contributed by atoms with E-state index in [1.807, 2.05) is 18.2 Å². The number of nitrogens with one attached hydrogen (secondary N) is 2. The van der Waals surface area contributed by atoms with Crippen LogP contribution in [0.15, 0.2) is 42.7 Å². The van der Waals surface area contributed by atoms with E-state index in [4.69, 9.17) is 0 Å². The zero-order valence-corrected chi connectivity index (χ0v) is 13.2. The van der Waals surface area contributed by atoms with E-state index in [1.54, 1.807) is 17.1 Å². The first-order chi connectivity index (χ1) is 10.3. The monoisotopic (exact) mass is 320 g/mol. The molecule has 0 spiro atoms. The number of hydrogen-bond acceptors (Lipinski definition) is 3. The summed E-state index contributed by atoms with van der Waals surface area (Å²) in [6.45, 7) is 2.57. The second-order valence-electron chi connectivity index (χ2n) is 5.43. The maximum absolute atomic E-state index is 12.2. The number of hydrogen-bond donors (Lipinski definition) is 2. The van der Waals surface area contributed by atoms with Gasteiger partial charge in [0.2, 0.25) is 0 Å². The fraction of sp³-hybridized carbons (Fsp3) is 0.375. The van der Waals surface area contributed by atoms with Gasteiger partial charge in [-0.1, -0.05) is 30.3 Å². The first kappa shape index (κ1) is 16.5. The minimum atomic E-state index is -0.0389. The number of carbonyl (C=O) groups excluding carboxylic acids is 1. The lowest BCUT2D eigenvalue weighted by Gasteiger charge is -2.23. The summed E-state index contributed by atoms with van der Waals surface area (Å²) in [6.07, 6.45) is 5.59. The van der Waals surface area contributed by atoms with Gasteiger partial charge in [-0.15, -0.1) is 12.4 Å². The molecule has 1 aromatic heterocycles. The minimum Gasteiger partial charge on any atom is -0.348 e. The van der Waals surface area contributed by atoms with Crippen LogP contribution in [0.4, 0.5) is 0 Å². The third-order valence-electron chi connectivity index (χ3n) is 3.71. The fourth-order valence-electron chi connectivity index (χ4n) is 2.58. The third kappa shape index (κ3) is 4.32. The molecule has 1 aromatic carbocycles. The number of piperidine rings is 1. The molecule has 2 aromatic rings. The summed E-state index contributed by atoms with van der Waals surface area (Å²) < 4.78 is 1.80. The molecule has 1 aliphatic rings. The summed E-state index contributed by atoms with van der Waals surface area (Å²) in [5.41, 5.74) is 1.79. The zero-order chi connectivity index (χ0) is 14.5. The predicted molar refractivity (Wildman–Crippen MR) is 88.4 cm³/mol. The molecule has 1 amide bonds. The van der Waals surface area contributed by atoms with Crippen LogP contribution in [-0.2, 0) is 6.54 Å². The molecule has 1 aliphatic heterocycles. The Bertz CT molecular complexity index is 593. The summed E-state index contributed by atoms with van der Waals surface area (Å²) in [6, 6.07) is 10.3. The minimum absolute atomic E-state index is 0.